The molecule has 1 aliphatic heterocycles. The second-order valence-corrected chi connectivity index (χ2v) is 12.6. The molecule has 40 heavy (non-hydrogen) atoms. The fourth-order valence-corrected chi connectivity index (χ4v) is 6.58. The van der Waals surface area contributed by atoms with Crippen molar-refractivity contribution in [3.63, 3.8) is 0 Å². The topological polar surface area (TPSA) is 135 Å². The fourth-order valence-electron chi connectivity index (χ4n) is 3.87. The van der Waals surface area contributed by atoms with Crippen LogP contribution in [-0.2, 0) is 24.8 Å². The van der Waals surface area contributed by atoms with Crippen molar-refractivity contribution in [2.24, 2.45) is 0 Å². The first-order valence-electron chi connectivity index (χ1n) is 12.3. The van der Waals surface area contributed by atoms with Crippen molar-refractivity contribution < 1.29 is 31.0 Å². The zero-order valence-corrected chi connectivity index (χ0v) is 24.4. The van der Waals surface area contributed by atoms with E-state index in [0.29, 0.717) is 55.7 Å². The van der Waals surface area contributed by atoms with Crippen LogP contribution in [0.1, 0.15) is 6.92 Å². The van der Waals surface area contributed by atoms with Crippen molar-refractivity contribution in [1.82, 2.24) is 4.31 Å². The van der Waals surface area contributed by atoms with Gasteiger partial charge in [0.05, 0.1) is 42.4 Å². The third kappa shape index (κ3) is 7.20. The Hall–Kier alpha value is -3.43. The normalized spacial score (nSPS) is 14.2. The molecule has 0 spiro atoms. The van der Waals surface area contributed by atoms with Gasteiger partial charge < -0.3 is 24.8 Å². The van der Waals surface area contributed by atoms with Gasteiger partial charge in [-0.1, -0.05) is 0 Å². The van der Waals surface area contributed by atoms with E-state index >= 15 is 0 Å². The first-order valence-corrected chi connectivity index (χ1v) is 15.7. The summed E-state index contributed by atoms with van der Waals surface area (Å²) >= 11 is 5.40. The molecular weight excluding hydrogens is 577 g/mol. The highest BCUT2D eigenvalue weighted by molar-refractivity contribution is 7.92. The van der Waals surface area contributed by atoms with Crippen LogP contribution in [0, 0.1) is 0 Å². The van der Waals surface area contributed by atoms with E-state index < -0.39 is 20.0 Å². The summed E-state index contributed by atoms with van der Waals surface area (Å²) in [6.45, 7) is 3.75. The molecule has 1 fully saturated rings. The highest BCUT2D eigenvalue weighted by atomic mass is 32.2. The number of nitrogens with one attached hydrogen (secondary N) is 3. The van der Waals surface area contributed by atoms with Crippen LogP contribution in [0.25, 0.3) is 0 Å². The zero-order valence-electron chi connectivity index (χ0n) is 21.9. The number of nitrogens with zero attached hydrogens (tertiary/aromatic N) is 1. The summed E-state index contributed by atoms with van der Waals surface area (Å²) in [6, 6.07) is 17.2. The number of methoxy groups -OCH3 is 1. The van der Waals surface area contributed by atoms with E-state index in [1.54, 1.807) is 36.4 Å². The maximum atomic E-state index is 12.9. The van der Waals surface area contributed by atoms with Crippen molar-refractivity contribution in [1.29, 1.82) is 0 Å². The largest absolute Gasteiger partial charge is 0.495 e. The number of rotatable bonds is 10. The average molecular weight is 607 g/mol. The second-order valence-electron chi connectivity index (χ2n) is 8.54. The number of hydrogen-bond acceptors (Lipinski definition) is 8. The molecule has 214 valence electrons. The van der Waals surface area contributed by atoms with Gasteiger partial charge in [-0.2, -0.15) is 4.31 Å². The van der Waals surface area contributed by atoms with Gasteiger partial charge in [-0.05, 0) is 79.8 Å². The molecule has 3 N–H and O–H groups in total. The van der Waals surface area contributed by atoms with Crippen molar-refractivity contribution in [2.75, 3.05) is 55.4 Å². The summed E-state index contributed by atoms with van der Waals surface area (Å²) in [7, 11) is -6.08. The van der Waals surface area contributed by atoms with Crippen LogP contribution in [0.3, 0.4) is 0 Å². The number of sulfonamides is 2. The Morgan fingerprint density at radius 1 is 0.900 bits per heavy atom. The standard InChI is InChI=1S/C26H30N4O7S3/c1-3-37-21-8-4-20(5-9-21)29-39(31,32)23-12-13-24(25(18-23)35-2)28-26(38)27-19-6-10-22(11-7-19)40(33,34)30-14-16-36-17-15-30/h4-13,18,29H,3,14-17H2,1-2H3,(H2,27,28,38). The molecule has 0 radical (unpaired) electrons. The maximum absolute atomic E-state index is 12.9. The molecule has 3 aromatic carbocycles. The second kappa shape index (κ2) is 12.8. The summed E-state index contributed by atoms with van der Waals surface area (Å²) in [6.07, 6.45) is 0. The molecule has 0 amide bonds. The Bertz CT molecular complexity index is 1540. The van der Waals surface area contributed by atoms with E-state index in [0.717, 1.165) is 0 Å². The molecule has 0 aromatic heterocycles. The van der Waals surface area contributed by atoms with E-state index in [4.69, 9.17) is 26.4 Å². The minimum absolute atomic E-state index is 0.000252. The van der Waals surface area contributed by atoms with Crippen molar-refractivity contribution in [3.8, 4) is 11.5 Å². The zero-order chi connectivity index (χ0) is 28.8. The van der Waals surface area contributed by atoms with Crippen molar-refractivity contribution in [2.45, 2.75) is 16.7 Å². The first-order chi connectivity index (χ1) is 19.1. The summed E-state index contributed by atoms with van der Waals surface area (Å²) in [5.74, 6) is 0.895. The third-order valence-electron chi connectivity index (χ3n) is 5.87. The lowest BCUT2D eigenvalue weighted by Gasteiger charge is -2.26. The molecule has 11 nitrogen and oxygen atoms in total. The van der Waals surface area contributed by atoms with Gasteiger partial charge in [0.25, 0.3) is 10.0 Å². The molecule has 1 aliphatic rings. The van der Waals surface area contributed by atoms with E-state index in [2.05, 4.69) is 15.4 Å². The summed E-state index contributed by atoms with van der Waals surface area (Å²) in [4.78, 5) is 0.177. The average Bonchev–Trinajstić information content (AvgIpc) is 2.95. The van der Waals surface area contributed by atoms with E-state index in [1.807, 2.05) is 6.92 Å². The Kier molecular flexibility index (Phi) is 9.48. The smallest absolute Gasteiger partial charge is 0.262 e. The van der Waals surface area contributed by atoms with Gasteiger partial charge in [0.2, 0.25) is 10.0 Å². The van der Waals surface area contributed by atoms with Crippen LogP contribution in [-0.4, -0.2) is 66.3 Å². The number of thiocarbonyl (C=S) groups is 1. The molecule has 14 heteroatoms. The molecule has 3 aromatic rings. The van der Waals surface area contributed by atoms with E-state index in [-0.39, 0.29) is 20.7 Å². The molecule has 4 rings (SSSR count). The van der Waals surface area contributed by atoms with Crippen LogP contribution < -0.4 is 24.8 Å². The van der Waals surface area contributed by atoms with Gasteiger partial charge in [0.15, 0.2) is 5.11 Å². The molecule has 0 saturated carbocycles. The molecule has 0 bridgehead atoms. The number of hydrogen-bond donors (Lipinski definition) is 3. The molecule has 1 heterocycles. The predicted octanol–water partition coefficient (Wildman–Crippen LogP) is 3.72. The Morgan fingerprint density at radius 2 is 1.52 bits per heavy atom. The lowest BCUT2D eigenvalue weighted by Crippen LogP contribution is -2.40. The summed E-state index contributed by atoms with van der Waals surface area (Å²) in [5.41, 5.74) is 1.39. The van der Waals surface area contributed by atoms with Crippen LogP contribution in [0.4, 0.5) is 17.1 Å². The molecule has 0 unspecified atom stereocenters. The molecule has 1 saturated heterocycles. The van der Waals surface area contributed by atoms with Crippen molar-refractivity contribution >= 4 is 54.4 Å². The van der Waals surface area contributed by atoms with E-state index in [9.17, 15) is 16.8 Å². The molecule has 0 aliphatic carbocycles. The highest BCUT2D eigenvalue weighted by Gasteiger charge is 2.26. The van der Waals surface area contributed by atoms with Gasteiger partial charge in [-0.3, -0.25) is 4.72 Å². The van der Waals surface area contributed by atoms with Gasteiger partial charge >= 0.3 is 0 Å². The van der Waals surface area contributed by atoms with Gasteiger partial charge in [0, 0.05) is 30.5 Å². The first kappa shape index (κ1) is 29.6. The number of ether oxygens (including phenoxy) is 3. The van der Waals surface area contributed by atoms with Crippen LogP contribution in [0.15, 0.2) is 76.5 Å². The van der Waals surface area contributed by atoms with Crippen LogP contribution in [0.5, 0.6) is 11.5 Å². The summed E-state index contributed by atoms with van der Waals surface area (Å²) in [5, 5.41) is 6.16. The van der Waals surface area contributed by atoms with Gasteiger partial charge in [-0.15, -0.1) is 0 Å². The molecule has 0 atom stereocenters. The quantitative estimate of drug-likeness (QED) is 0.293. The Balaban J connectivity index is 1.41. The summed E-state index contributed by atoms with van der Waals surface area (Å²) < 4.78 is 71.5. The number of benzene rings is 3. The fraction of sp³-hybridized carbons (Fsp3) is 0.269. The van der Waals surface area contributed by atoms with E-state index in [1.165, 1.54) is 41.7 Å². The van der Waals surface area contributed by atoms with Crippen LogP contribution >= 0.6 is 12.2 Å². The van der Waals surface area contributed by atoms with Gasteiger partial charge in [-0.25, -0.2) is 16.8 Å². The predicted molar refractivity (Wildman–Crippen MR) is 157 cm³/mol. The minimum Gasteiger partial charge on any atom is -0.495 e. The number of morpholine rings is 1. The van der Waals surface area contributed by atoms with Crippen molar-refractivity contribution in [3.05, 3.63) is 66.7 Å². The monoisotopic (exact) mass is 606 g/mol. The lowest BCUT2D eigenvalue weighted by atomic mass is 10.3. The lowest BCUT2D eigenvalue weighted by molar-refractivity contribution is 0.0730. The maximum Gasteiger partial charge on any atom is 0.262 e. The highest BCUT2D eigenvalue weighted by Crippen LogP contribution is 2.29. The molecular formula is C26H30N4O7S3. The SMILES string of the molecule is CCOc1ccc(NS(=O)(=O)c2ccc(NC(=S)Nc3ccc(S(=O)(=O)N4CCOCC4)cc3)c(OC)c2)cc1. The van der Waals surface area contributed by atoms with Gasteiger partial charge in [0.1, 0.15) is 11.5 Å². The Labute approximate surface area is 239 Å². The number of anilines is 3. The minimum atomic E-state index is -3.90. The third-order valence-corrected chi connectivity index (χ3v) is 9.37. The van der Waals surface area contributed by atoms with Crippen LogP contribution in [0.2, 0.25) is 0 Å². The Morgan fingerprint density at radius 3 is 2.15 bits per heavy atom.